The quantitative estimate of drug-likeness (QED) is 0.681. The summed E-state index contributed by atoms with van der Waals surface area (Å²) in [5.74, 6) is 1.10. The van der Waals surface area contributed by atoms with Crippen LogP contribution in [0.2, 0.25) is 0 Å². The van der Waals surface area contributed by atoms with Crippen LogP contribution in [0.15, 0.2) is 18.2 Å². The predicted octanol–water partition coefficient (Wildman–Crippen LogP) is 2.21. The average Bonchev–Trinajstić information content (AvgIpc) is 2.96. The summed E-state index contributed by atoms with van der Waals surface area (Å²) in [5.41, 5.74) is -0.00519. The molecule has 0 bridgehead atoms. The fourth-order valence-electron chi connectivity index (χ4n) is 4.13. The van der Waals surface area contributed by atoms with Crippen molar-refractivity contribution in [1.82, 2.24) is 15.5 Å². The van der Waals surface area contributed by atoms with E-state index < -0.39 is 11.6 Å². The number of ether oxygens (including phenoxy) is 2. The third-order valence-corrected chi connectivity index (χ3v) is 6.02. The third-order valence-electron chi connectivity index (χ3n) is 6.02. The Kier molecular flexibility index (Phi) is 6.30. The highest BCUT2D eigenvalue weighted by Gasteiger charge is 2.52. The van der Waals surface area contributed by atoms with E-state index in [1.165, 1.54) is 0 Å². The van der Waals surface area contributed by atoms with Gasteiger partial charge in [-0.3, -0.25) is 14.5 Å². The van der Waals surface area contributed by atoms with Gasteiger partial charge in [0.25, 0.3) is 5.91 Å². The molecule has 0 aromatic heterocycles. The lowest BCUT2D eigenvalue weighted by molar-refractivity contribution is -0.136. The highest BCUT2D eigenvalue weighted by atomic mass is 16.5. The van der Waals surface area contributed by atoms with Crippen LogP contribution in [0.4, 0.5) is 4.79 Å². The van der Waals surface area contributed by atoms with E-state index in [2.05, 4.69) is 17.6 Å². The lowest BCUT2D eigenvalue weighted by Crippen LogP contribution is -2.50. The molecule has 1 spiro atoms. The van der Waals surface area contributed by atoms with Crippen molar-refractivity contribution in [2.24, 2.45) is 5.92 Å². The zero-order valence-corrected chi connectivity index (χ0v) is 17.2. The number of hydrogen-bond donors (Lipinski definition) is 2. The number of imide groups is 1. The van der Waals surface area contributed by atoms with Gasteiger partial charge < -0.3 is 20.1 Å². The highest BCUT2D eigenvalue weighted by molar-refractivity contribution is 6.09. The molecule has 1 aromatic rings. The van der Waals surface area contributed by atoms with Crippen LogP contribution < -0.4 is 20.1 Å². The summed E-state index contributed by atoms with van der Waals surface area (Å²) in [7, 11) is 3.10. The van der Waals surface area contributed by atoms with E-state index in [1.54, 1.807) is 26.4 Å². The fraction of sp³-hybridized carbons (Fsp3) is 0.571. The number of hydrogen-bond acceptors (Lipinski definition) is 5. The third kappa shape index (κ3) is 4.31. The number of amides is 4. The molecule has 3 rings (SSSR count). The minimum absolute atomic E-state index is 0.256. The Hall–Kier alpha value is -2.77. The molecule has 1 saturated heterocycles. The molecular weight excluding hydrogens is 374 g/mol. The van der Waals surface area contributed by atoms with Gasteiger partial charge in [-0.2, -0.15) is 0 Å². The molecule has 158 valence electrons. The second-order valence-electron chi connectivity index (χ2n) is 7.72. The van der Waals surface area contributed by atoms with Gasteiger partial charge in [-0.05, 0) is 49.3 Å². The molecule has 2 aliphatic rings. The first kappa shape index (κ1) is 21.0. The van der Waals surface area contributed by atoms with Crippen LogP contribution in [0, 0.1) is 5.92 Å². The second-order valence-corrected chi connectivity index (χ2v) is 7.72. The Balaban J connectivity index is 1.57. The van der Waals surface area contributed by atoms with Gasteiger partial charge in [-0.1, -0.05) is 19.4 Å². The Labute approximate surface area is 170 Å². The lowest BCUT2D eigenvalue weighted by Gasteiger charge is -2.34. The molecule has 4 amide bonds. The van der Waals surface area contributed by atoms with Gasteiger partial charge >= 0.3 is 6.03 Å². The van der Waals surface area contributed by atoms with E-state index in [0.29, 0.717) is 30.3 Å². The smallest absolute Gasteiger partial charge is 0.325 e. The van der Waals surface area contributed by atoms with E-state index >= 15 is 0 Å². The van der Waals surface area contributed by atoms with E-state index in [0.717, 1.165) is 29.7 Å². The fourth-order valence-corrected chi connectivity index (χ4v) is 4.13. The molecule has 1 aliphatic heterocycles. The first-order chi connectivity index (χ1) is 13.9. The minimum atomic E-state index is -0.827. The number of benzene rings is 1. The number of rotatable bonds is 7. The number of nitrogens with one attached hydrogen (secondary N) is 2. The first-order valence-corrected chi connectivity index (χ1v) is 10.0. The number of carbonyl (C=O) groups excluding carboxylic acids is 3. The molecule has 29 heavy (non-hydrogen) atoms. The molecular formula is C21H29N3O5. The summed E-state index contributed by atoms with van der Waals surface area (Å²) in [6.07, 6.45) is 4.20. The van der Waals surface area contributed by atoms with E-state index in [4.69, 9.17) is 9.47 Å². The molecule has 0 unspecified atom stereocenters. The monoisotopic (exact) mass is 403 g/mol. The molecule has 1 saturated carbocycles. The maximum absolute atomic E-state index is 12.9. The van der Waals surface area contributed by atoms with Gasteiger partial charge in [0.1, 0.15) is 12.1 Å². The zero-order valence-electron chi connectivity index (χ0n) is 17.2. The lowest BCUT2D eigenvalue weighted by atomic mass is 9.75. The van der Waals surface area contributed by atoms with E-state index in [1.807, 2.05) is 6.07 Å². The van der Waals surface area contributed by atoms with Crippen molar-refractivity contribution >= 4 is 17.8 Å². The van der Waals surface area contributed by atoms with Crippen LogP contribution in [0.25, 0.3) is 0 Å². The van der Waals surface area contributed by atoms with Gasteiger partial charge in [0.2, 0.25) is 5.91 Å². The zero-order chi connectivity index (χ0) is 21.0. The molecule has 8 heteroatoms. The first-order valence-electron chi connectivity index (χ1n) is 10.0. The molecule has 8 nitrogen and oxygen atoms in total. The second kappa shape index (κ2) is 8.71. The summed E-state index contributed by atoms with van der Waals surface area (Å²) in [5, 5.41) is 5.60. The van der Waals surface area contributed by atoms with Crippen molar-refractivity contribution in [3.63, 3.8) is 0 Å². The molecule has 0 radical (unpaired) electrons. The predicted molar refractivity (Wildman–Crippen MR) is 107 cm³/mol. The number of methoxy groups -OCH3 is 2. The topological polar surface area (TPSA) is 97.0 Å². The summed E-state index contributed by atoms with van der Waals surface area (Å²) in [4.78, 5) is 38.6. The number of carbonyl (C=O) groups is 3. The van der Waals surface area contributed by atoms with Crippen molar-refractivity contribution < 1.29 is 23.9 Å². The standard InChI is InChI=1S/C21H29N3O5/c1-4-14-7-9-21(10-8-14)19(26)24(20(27)23-21)13-18(25)22-12-15-5-6-16(28-2)17(11-15)29-3/h5-6,11,14H,4,7-10,12-13H2,1-3H3,(H,22,25)(H,23,27). The average molecular weight is 403 g/mol. The van der Waals surface area contributed by atoms with Crippen molar-refractivity contribution in [2.45, 2.75) is 51.1 Å². The summed E-state index contributed by atoms with van der Waals surface area (Å²) >= 11 is 0. The SMILES string of the molecule is CCC1CCC2(CC1)NC(=O)N(CC(=O)NCc1ccc(OC)c(OC)c1)C2=O. The van der Waals surface area contributed by atoms with Gasteiger partial charge in [-0.25, -0.2) is 4.79 Å². The number of urea groups is 1. The van der Waals surface area contributed by atoms with Crippen LogP contribution >= 0.6 is 0 Å². The van der Waals surface area contributed by atoms with Crippen LogP contribution in [-0.4, -0.2) is 49.0 Å². The number of nitrogens with zero attached hydrogens (tertiary/aromatic N) is 1. The summed E-state index contributed by atoms with van der Waals surface area (Å²) in [6.45, 7) is 2.12. The molecule has 2 N–H and O–H groups in total. The Morgan fingerprint density at radius 3 is 2.52 bits per heavy atom. The van der Waals surface area contributed by atoms with Crippen LogP contribution in [-0.2, 0) is 16.1 Å². The molecule has 1 aromatic carbocycles. The van der Waals surface area contributed by atoms with Crippen molar-refractivity contribution in [1.29, 1.82) is 0 Å². The van der Waals surface area contributed by atoms with Crippen LogP contribution in [0.5, 0.6) is 11.5 Å². The minimum Gasteiger partial charge on any atom is -0.493 e. The molecule has 1 aliphatic carbocycles. The summed E-state index contributed by atoms with van der Waals surface area (Å²) in [6, 6.07) is 4.87. The highest BCUT2D eigenvalue weighted by Crippen LogP contribution is 2.37. The van der Waals surface area contributed by atoms with Crippen molar-refractivity contribution in [3.05, 3.63) is 23.8 Å². The van der Waals surface area contributed by atoms with Crippen LogP contribution in [0.1, 0.15) is 44.6 Å². The molecule has 2 fully saturated rings. The van der Waals surface area contributed by atoms with Gasteiger partial charge in [0.05, 0.1) is 14.2 Å². The van der Waals surface area contributed by atoms with Crippen LogP contribution in [0.3, 0.4) is 0 Å². The molecule has 1 heterocycles. The Bertz CT molecular complexity index is 787. The normalized spacial score (nSPS) is 23.8. The Morgan fingerprint density at radius 2 is 1.90 bits per heavy atom. The molecule has 0 atom stereocenters. The largest absolute Gasteiger partial charge is 0.493 e. The van der Waals surface area contributed by atoms with Crippen molar-refractivity contribution in [2.75, 3.05) is 20.8 Å². The maximum atomic E-state index is 12.9. The van der Waals surface area contributed by atoms with Gasteiger partial charge in [0, 0.05) is 6.54 Å². The van der Waals surface area contributed by atoms with Crippen molar-refractivity contribution in [3.8, 4) is 11.5 Å². The van der Waals surface area contributed by atoms with Gasteiger partial charge in [0.15, 0.2) is 11.5 Å². The maximum Gasteiger partial charge on any atom is 0.325 e. The van der Waals surface area contributed by atoms with E-state index in [-0.39, 0.29) is 24.9 Å². The Morgan fingerprint density at radius 1 is 1.21 bits per heavy atom. The van der Waals surface area contributed by atoms with Gasteiger partial charge in [-0.15, -0.1) is 0 Å². The van der Waals surface area contributed by atoms with E-state index in [9.17, 15) is 14.4 Å². The summed E-state index contributed by atoms with van der Waals surface area (Å²) < 4.78 is 10.5.